The van der Waals surface area contributed by atoms with Crippen LogP contribution in [0.15, 0.2) is 42.6 Å². The van der Waals surface area contributed by atoms with Crippen LogP contribution in [-0.4, -0.2) is 15.2 Å². The van der Waals surface area contributed by atoms with Gasteiger partial charge in [-0.05, 0) is 24.3 Å². The molecule has 0 spiro atoms. The van der Waals surface area contributed by atoms with Gasteiger partial charge in [-0.2, -0.15) is 5.10 Å². The normalized spacial score (nSPS) is 10.8. The Kier molecular flexibility index (Phi) is 1.93. The van der Waals surface area contributed by atoms with E-state index in [4.69, 9.17) is 0 Å². The molecule has 1 aromatic carbocycles. The minimum atomic E-state index is -0.274. The molecule has 3 nitrogen and oxygen atoms in total. The summed E-state index contributed by atoms with van der Waals surface area (Å²) in [5, 5.41) is 7.02. The lowest BCUT2D eigenvalue weighted by atomic mass is 10.1. The molecule has 3 rings (SSSR count). The smallest absolute Gasteiger partial charge is 0.123 e. The number of nitrogens with one attached hydrogen (secondary N) is 1. The molecular formula is C12H10FN3. The molecule has 0 unspecified atom stereocenters. The summed E-state index contributed by atoms with van der Waals surface area (Å²) in [5.74, 6) is -0.274. The minimum absolute atomic E-state index is 0. The van der Waals surface area contributed by atoms with E-state index in [0.29, 0.717) is 5.69 Å². The zero-order valence-corrected chi connectivity index (χ0v) is 8.31. The van der Waals surface area contributed by atoms with Crippen LogP contribution < -0.4 is 0 Å². The SMILES string of the molecule is Fc1cccc(-c2n[nH]c3cccnc23)c1.[HH]. The third kappa shape index (κ3) is 1.35. The summed E-state index contributed by atoms with van der Waals surface area (Å²) < 4.78 is 13.1. The molecule has 2 aromatic heterocycles. The number of pyridine rings is 1. The topological polar surface area (TPSA) is 41.6 Å². The van der Waals surface area contributed by atoms with Gasteiger partial charge in [-0.1, -0.05) is 12.1 Å². The van der Waals surface area contributed by atoms with Crippen LogP contribution in [0.3, 0.4) is 0 Å². The molecule has 0 aliphatic rings. The Bertz CT molecular complexity index is 651. The van der Waals surface area contributed by atoms with E-state index in [1.54, 1.807) is 12.3 Å². The maximum atomic E-state index is 13.1. The summed E-state index contributed by atoms with van der Waals surface area (Å²) in [6.45, 7) is 0. The van der Waals surface area contributed by atoms with Crippen LogP contribution in [0.2, 0.25) is 0 Å². The Balaban J connectivity index is 0.00000108. The Hall–Kier alpha value is -2.23. The van der Waals surface area contributed by atoms with Crippen molar-refractivity contribution in [3.05, 3.63) is 48.4 Å². The third-order valence-electron chi connectivity index (χ3n) is 2.42. The van der Waals surface area contributed by atoms with Crippen molar-refractivity contribution in [1.82, 2.24) is 15.2 Å². The quantitative estimate of drug-likeness (QED) is 0.678. The van der Waals surface area contributed by atoms with Crippen LogP contribution in [-0.2, 0) is 0 Å². The van der Waals surface area contributed by atoms with Crippen LogP contribution in [0.5, 0.6) is 0 Å². The van der Waals surface area contributed by atoms with Gasteiger partial charge in [0.05, 0.1) is 5.52 Å². The van der Waals surface area contributed by atoms with Gasteiger partial charge in [0, 0.05) is 13.2 Å². The number of hydrogen-bond donors (Lipinski definition) is 1. The fourth-order valence-corrected chi connectivity index (χ4v) is 1.69. The van der Waals surface area contributed by atoms with Crippen LogP contribution in [0.25, 0.3) is 22.3 Å². The summed E-state index contributed by atoms with van der Waals surface area (Å²) in [7, 11) is 0. The lowest BCUT2D eigenvalue weighted by Crippen LogP contribution is -1.82. The van der Waals surface area contributed by atoms with Gasteiger partial charge in [-0.3, -0.25) is 10.1 Å². The van der Waals surface area contributed by atoms with Crippen molar-refractivity contribution in [2.45, 2.75) is 0 Å². The maximum absolute atomic E-state index is 13.1. The first-order valence-corrected chi connectivity index (χ1v) is 4.89. The molecule has 2 heterocycles. The maximum Gasteiger partial charge on any atom is 0.123 e. The summed E-state index contributed by atoms with van der Waals surface area (Å²) in [5.41, 5.74) is 3.01. The molecule has 16 heavy (non-hydrogen) atoms. The second kappa shape index (κ2) is 3.41. The molecular weight excluding hydrogens is 205 g/mol. The second-order valence-electron chi connectivity index (χ2n) is 3.48. The number of halogens is 1. The van der Waals surface area contributed by atoms with Crippen LogP contribution >= 0.6 is 0 Å². The average molecular weight is 215 g/mol. The van der Waals surface area contributed by atoms with Gasteiger partial charge < -0.3 is 0 Å². The third-order valence-corrected chi connectivity index (χ3v) is 2.42. The summed E-state index contributed by atoms with van der Waals surface area (Å²) in [6, 6.07) is 10.0. The van der Waals surface area contributed by atoms with Gasteiger partial charge >= 0.3 is 0 Å². The molecule has 80 valence electrons. The number of fused-ring (bicyclic) bond motifs is 1. The van der Waals surface area contributed by atoms with E-state index in [-0.39, 0.29) is 7.24 Å². The van der Waals surface area contributed by atoms with Gasteiger partial charge in [0.2, 0.25) is 0 Å². The van der Waals surface area contributed by atoms with E-state index >= 15 is 0 Å². The predicted molar refractivity (Wildman–Crippen MR) is 61.4 cm³/mol. The summed E-state index contributed by atoms with van der Waals surface area (Å²) in [6.07, 6.45) is 1.70. The van der Waals surface area contributed by atoms with Crippen molar-refractivity contribution in [1.29, 1.82) is 0 Å². The van der Waals surface area contributed by atoms with Crippen molar-refractivity contribution in [2.24, 2.45) is 0 Å². The highest BCUT2D eigenvalue weighted by molar-refractivity contribution is 5.89. The van der Waals surface area contributed by atoms with Crippen LogP contribution in [0.4, 0.5) is 4.39 Å². The molecule has 0 aliphatic carbocycles. The molecule has 0 aliphatic heterocycles. The zero-order chi connectivity index (χ0) is 11.0. The van der Waals surface area contributed by atoms with E-state index < -0.39 is 0 Å². The predicted octanol–water partition coefficient (Wildman–Crippen LogP) is 3.01. The first kappa shape index (κ1) is 9.03. The van der Waals surface area contributed by atoms with E-state index in [0.717, 1.165) is 16.6 Å². The number of H-pyrrole nitrogens is 1. The first-order chi connectivity index (χ1) is 7.84. The zero-order valence-electron chi connectivity index (χ0n) is 8.31. The minimum Gasteiger partial charge on any atom is -0.276 e. The number of benzene rings is 1. The van der Waals surface area contributed by atoms with Crippen LogP contribution in [0.1, 0.15) is 1.43 Å². The van der Waals surface area contributed by atoms with E-state index in [1.165, 1.54) is 12.1 Å². The number of aromatic nitrogens is 3. The molecule has 0 atom stereocenters. The van der Waals surface area contributed by atoms with Crippen molar-refractivity contribution < 1.29 is 5.82 Å². The second-order valence-corrected chi connectivity index (χ2v) is 3.48. The molecule has 3 aromatic rings. The fourth-order valence-electron chi connectivity index (χ4n) is 1.69. The number of rotatable bonds is 1. The number of hydrogen-bond acceptors (Lipinski definition) is 2. The van der Waals surface area contributed by atoms with E-state index in [1.807, 2.05) is 18.2 Å². The fraction of sp³-hybridized carbons (Fsp3) is 0. The van der Waals surface area contributed by atoms with Gasteiger partial charge in [0.15, 0.2) is 0 Å². The number of aromatic amines is 1. The largest absolute Gasteiger partial charge is 0.276 e. The van der Waals surface area contributed by atoms with Gasteiger partial charge in [-0.15, -0.1) is 0 Å². The molecule has 4 heteroatoms. The summed E-state index contributed by atoms with van der Waals surface area (Å²) >= 11 is 0. The molecule has 0 bridgehead atoms. The van der Waals surface area contributed by atoms with Gasteiger partial charge in [0.1, 0.15) is 17.0 Å². The molecule has 0 radical (unpaired) electrons. The monoisotopic (exact) mass is 215 g/mol. The Labute approximate surface area is 92.4 Å². The van der Waals surface area contributed by atoms with Crippen molar-refractivity contribution in [2.75, 3.05) is 0 Å². The van der Waals surface area contributed by atoms with Crippen molar-refractivity contribution in [3.8, 4) is 11.3 Å². The standard InChI is InChI=1S/C12H8FN3.H2/c13-9-4-1-3-8(7-9)11-12-10(15-16-11)5-2-6-14-12;/h1-7H,(H,15,16);1H. The Morgan fingerprint density at radius 2 is 2.12 bits per heavy atom. The molecule has 1 N–H and O–H groups in total. The molecule has 0 saturated carbocycles. The lowest BCUT2D eigenvalue weighted by Gasteiger charge is -1.96. The Morgan fingerprint density at radius 3 is 3.00 bits per heavy atom. The first-order valence-electron chi connectivity index (χ1n) is 4.89. The van der Waals surface area contributed by atoms with Gasteiger partial charge in [0.25, 0.3) is 0 Å². The van der Waals surface area contributed by atoms with E-state index in [2.05, 4.69) is 15.2 Å². The highest BCUT2D eigenvalue weighted by atomic mass is 19.1. The van der Waals surface area contributed by atoms with Gasteiger partial charge in [-0.25, -0.2) is 4.39 Å². The Morgan fingerprint density at radius 1 is 1.19 bits per heavy atom. The number of nitrogens with zero attached hydrogens (tertiary/aromatic N) is 2. The highest BCUT2D eigenvalue weighted by Crippen LogP contribution is 2.24. The van der Waals surface area contributed by atoms with Crippen LogP contribution in [0, 0.1) is 5.82 Å². The molecule has 0 fully saturated rings. The molecule has 0 amide bonds. The highest BCUT2D eigenvalue weighted by Gasteiger charge is 2.08. The van der Waals surface area contributed by atoms with Crippen molar-refractivity contribution in [3.63, 3.8) is 0 Å². The summed E-state index contributed by atoms with van der Waals surface area (Å²) in [4.78, 5) is 4.23. The average Bonchev–Trinajstić information content (AvgIpc) is 2.72. The van der Waals surface area contributed by atoms with Crippen molar-refractivity contribution >= 4 is 11.0 Å². The lowest BCUT2D eigenvalue weighted by molar-refractivity contribution is 0.628. The molecule has 0 saturated heterocycles. The van der Waals surface area contributed by atoms with E-state index in [9.17, 15) is 4.39 Å².